The third kappa shape index (κ3) is 4.82. The average Bonchev–Trinajstić information content (AvgIpc) is 2.61. The Kier molecular flexibility index (Phi) is 5.83. The van der Waals surface area contributed by atoms with Crippen LogP contribution in [0.25, 0.3) is 5.57 Å². The van der Waals surface area contributed by atoms with Crippen molar-refractivity contribution in [2.45, 2.75) is 90.8 Å². The van der Waals surface area contributed by atoms with Gasteiger partial charge in [-0.1, -0.05) is 19.9 Å². The van der Waals surface area contributed by atoms with Crippen LogP contribution in [0.15, 0.2) is 18.2 Å². The first-order chi connectivity index (χ1) is 13.4. The number of hydrogen-bond acceptors (Lipinski definition) is 5. The number of carbonyl (C=O) groups is 1. The first-order valence-electron chi connectivity index (χ1n) is 10.8. The van der Waals surface area contributed by atoms with Crippen LogP contribution in [0.1, 0.15) is 91.0 Å². The predicted molar refractivity (Wildman–Crippen MR) is 116 cm³/mol. The van der Waals surface area contributed by atoms with E-state index in [9.17, 15) is 4.79 Å². The number of anilines is 1. The number of pyridine rings is 1. The minimum atomic E-state index is -0.972. The van der Waals surface area contributed by atoms with Crippen LogP contribution in [-0.2, 0) is 14.3 Å². The number of hydrogen-bond donors (Lipinski definition) is 1. The molecule has 0 amide bonds. The number of esters is 1. The number of aromatic nitrogens is 1. The van der Waals surface area contributed by atoms with E-state index in [1.807, 2.05) is 39.8 Å². The molecule has 0 spiro atoms. The van der Waals surface area contributed by atoms with E-state index in [0.29, 0.717) is 18.4 Å². The van der Waals surface area contributed by atoms with Crippen molar-refractivity contribution >= 4 is 17.2 Å². The van der Waals surface area contributed by atoms with Crippen LogP contribution in [0.2, 0.25) is 0 Å². The standard InChI is InChI=1S/C24H36N2O3/c1-7-28-21(27)24(6)15-17(14-23(4,5)29-24)19-9-8-18(25)20(26-19)16-10-12-22(2,3)13-11-16/h8-10,17H,7,11-15,25H2,1-6H3. The van der Waals surface area contributed by atoms with E-state index in [2.05, 4.69) is 19.9 Å². The molecule has 0 radical (unpaired) electrons. The maximum atomic E-state index is 12.6. The van der Waals surface area contributed by atoms with E-state index in [1.54, 1.807) is 0 Å². The molecule has 1 aromatic heterocycles. The summed E-state index contributed by atoms with van der Waals surface area (Å²) in [4.78, 5) is 17.6. The van der Waals surface area contributed by atoms with Gasteiger partial charge in [-0.05, 0) is 82.9 Å². The SMILES string of the molecule is CCOC(=O)C1(C)CC(c2ccc(N)c(C3=CCC(C)(C)CC3)n2)CC(C)(C)O1. The first kappa shape index (κ1) is 21.8. The summed E-state index contributed by atoms with van der Waals surface area (Å²) in [7, 11) is 0. The molecular formula is C24H36N2O3. The van der Waals surface area contributed by atoms with Crippen molar-refractivity contribution in [2.75, 3.05) is 12.3 Å². The average molecular weight is 401 g/mol. The first-order valence-corrected chi connectivity index (χ1v) is 10.8. The molecule has 5 nitrogen and oxygen atoms in total. The summed E-state index contributed by atoms with van der Waals surface area (Å²) in [6, 6.07) is 3.96. The molecule has 5 heteroatoms. The van der Waals surface area contributed by atoms with Crippen LogP contribution in [0.4, 0.5) is 5.69 Å². The lowest BCUT2D eigenvalue weighted by molar-refractivity contribution is -0.205. The zero-order valence-electron chi connectivity index (χ0n) is 18.8. The van der Waals surface area contributed by atoms with Crippen LogP contribution in [0.3, 0.4) is 0 Å². The van der Waals surface area contributed by atoms with Crippen LogP contribution < -0.4 is 5.73 Å². The molecule has 2 atom stereocenters. The van der Waals surface area contributed by atoms with Gasteiger partial charge in [0.2, 0.25) is 0 Å². The lowest BCUT2D eigenvalue weighted by atomic mass is 9.77. The van der Waals surface area contributed by atoms with Crippen molar-refractivity contribution in [2.24, 2.45) is 5.41 Å². The van der Waals surface area contributed by atoms with Gasteiger partial charge in [0, 0.05) is 11.6 Å². The Morgan fingerprint density at radius 3 is 2.59 bits per heavy atom. The largest absolute Gasteiger partial charge is 0.464 e. The highest BCUT2D eigenvalue weighted by molar-refractivity contribution is 5.79. The summed E-state index contributed by atoms with van der Waals surface area (Å²) in [5.41, 5.74) is 9.07. The third-order valence-corrected chi connectivity index (χ3v) is 6.23. The van der Waals surface area contributed by atoms with Gasteiger partial charge in [-0.2, -0.15) is 0 Å². The van der Waals surface area contributed by atoms with Gasteiger partial charge in [0.1, 0.15) is 0 Å². The molecule has 2 heterocycles. The van der Waals surface area contributed by atoms with E-state index in [4.69, 9.17) is 20.2 Å². The quantitative estimate of drug-likeness (QED) is 0.699. The molecule has 1 saturated heterocycles. The Bertz CT molecular complexity index is 812. The number of allylic oxidation sites excluding steroid dienone is 2. The van der Waals surface area contributed by atoms with Crippen LogP contribution >= 0.6 is 0 Å². The Morgan fingerprint density at radius 2 is 1.97 bits per heavy atom. The fourth-order valence-corrected chi connectivity index (χ4v) is 4.71. The van der Waals surface area contributed by atoms with Gasteiger partial charge in [-0.15, -0.1) is 0 Å². The van der Waals surface area contributed by atoms with Crippen molar-refractivity contribution < 1.29 is 14.3 Å². The molecule has 2 aliphatic rings. The second-order valence-corrected chi connectivity index (χ2v) is 10.2. The zero-order chi connectivity index (χ0) is 21.4. The van der Waals surface area contributed by atoms with Gasteiger partial charge < -0.3 is 15.2 Å². The smallest absolute Gasteiger partial charge is 0.338 e. The molecule has 29 heavy (non-hydrogen) atoms. The van der Waals surface area contributed by atoms with Gasteiger partial charge in [-0.25, -0.2) is 4.79 Å². The molecule has 0 saturated carbocycles. The van der Waals surface area contributed by atoms with Gasteiger partial charge in [0.05, 0.1) is 23.6 Å². The number of nitrogens with two attached hydrogens (primary N) is 1. The minimum Gasteiger partial charge on any atom is -0.464 e. The predicted octanol–water partition coefficient (Wildman–Crippen LogP) is 5.25. The van der Waals surface area contributed by atoms with Gasteiger partial charge in [0.25, 0.3) is 0 Å². The fourth-order valence-electron chi connectivity index (χ4n) is 4.71. The normalized spacial score (nSPS) is 28.5. The molecular weight excluding hydrogens is 364 g/mol. The Morgan fingerprint density at radius 1 is 1.24 bits per heavy atom. The molecule has 1 aliphatic heterocycles. The molecule has 0 bridgehead atoms. The maximum Gasteiger partial charge on any atom is 0.338 e. The maximum absolute atomic E-state index is 12.6. The number of ether oxygens (including phenoxy) is 2. The third-order valence-electron chi connectivity index (χ3n) is 6.23. The topological polar surface area (TPSA) is 74.4 Å². The highest BCUT2D eigenvalue weighted by Crippen LogP contribution is 2.45. The molecule has 0 aromatic carbocycles. The Balaban J connectivity index is 1.92. The van der Waals surface area contributed by atoms with E-state index in [1.165, 1.54) is 5.57 Å². The van der Waals surface area contributed by atoms with Crippen LogP contribution in [0, 0.1) is 5.41 Å². The summed E-state index contributed by atoms with van der Waals surface area (Å²) in [6.07, 6.45) is 6.81. The zero-order valence-corrected chi connectivity index (χ0v) is 18.8. The molecule has 1 aliphatic carbocycles. The summed E-state index contributed by atoms with van der Waals surface area (Å²) in [5, 5.41) is 0. The Labute approximate surface area is 175 Å². The van der Waals surface area contributed by atoms with Crippen LogP contribution in [0.5, 0.6) is 0 Å². The van der Waals surface area contributed by atoms with E-state index in [-0.39, 0.29) is 11.9 Å². The van der Waals surface area contributed by atoms with Crippen molar-refractivity contribution in [1.82, 2.24) is 4.98 Å². The minimum absolute atomic E-state index is 0.105. The monoisotopic (exact) mass is 400 g/mol. The number of nitrogen functional groups attached to an aromatic ring is 1. The lowest BCUT2D eigenvalue weighted by Gasteiger charge is -2.45. The second-order valence-electron chi connectivity index (χ2n) is 10.2. The van der Waals surface area contributed by atoms with Crippen molar-refractivity contribution in [3.05, 3.63) is 29.6 Å². The molecule has 1 aromatic rings. The Hall–Kier alpha value is -1.88. The fraction of sp³-hybridized carbons (Fsp3) is 0.667. The molecule has 2 N–H and O–H groups in total. The number of rotatable bonds is 4. The summed E-state index contributed by atoms with van der Waals surface area (Å²) in [6.45, 7) is 12.7. The second kappa shape index (κ2) is 7.75. The van der Waals surface area contributed by atoms with Gasteiger partial charge >= 0.3 is 5.97 Å². The van der Waals surface area contributed by atoms with Gasteiger partial charge in [-0.3, -0.25) is 4.98 Å². The van der Waals surface area contributed by atoms with Crippen molar-refractivity contribution in [3.63, 3.8) is 0 Å². The molecule has 3 rings (SSSR count). The molecule has 160 valence electrons. The van der Waals surface area contributed by atoms with E-state index >= 15 is 0 Å². The molecule has 2 unspecified atom stereocenters. The highest BCUT2D eigenvalue weighted by Gasteiger charge is 2.48. The molecule has 1 fully saturated rings. The highest BCUT2D eigenvalue weighted by atomic mass is 16.6. The van der Waals surface area contributed by atoms with Crippen molar-refractivity contribution in [1.29, 1.82) is 0 Å². The van der Waals surface area contributed by atoms with Crippen LogP contribution in [-0.4, -0.2) is 28.8 Å². The summed E-state index contributed by atoms with van der Waals surface area (Å²) >= 11 is 0. The summed E-state index contributed by atoms with van der Waals surface area (Å²) in [5.74, 6) is -0.196. The van der Waals surface area contributed by atoms with Crippen molar-refractivity contribution in [3.8, 4) is 0 Å². The van der Waals surface area contributed by atoms with E-state index in [0.717, 1.165) is 42.8 Å². The number of nitrogens with zero attached hydrogens (tertiary/aromatic N) is 1. The van der Waals surface area contributed by atoms with E-state index < -0.39 is 11.2 Å². The summed E-state index contributed by atoms with van der Waals surface area (Å²) < 4.78 is 11.5. The van der Waals surface area contributed by atoms with Gasteiger partial charge in [0.15, 0.2) is 5.60 Å². The number of carbonyl (C=O) groups excluding carboxylic acids is 1. The lowest BCUT2D eigenvalue weighted by Crippen LogP contribution is -2.52.